The lowest BCUT2D eigenvalue weighted by Gasteiger charge is -2.27. The minimum atomic E-state index is -0.139. The number of hydrogen-bond acceptors (Lipinski definition) is 8. The normalized spacial score (nSPS) is 14.5. The Balaban J connectivity index is 1.37. The van der Waals surface area contributed by atoms with E-state index in [0.29, 0.717) is 33.6 Å². The van der Waals surface area contributed by atoms with Crippen LogP contribution in [0, 0.1) is 11.3 Å². The number of nitrogens with zero attached hydrogens (tertiary/aromatic N) is 7. The molecule has 6 rings (SSSR count). The molecule has 4 heterocycles. The molecule has 1 aliphatic rings. The van der Waals surface area contributed by atoms with Crippen LogP contribution in [0.1, 0.15) is 16.7 Å². The summed E-state index contributed by atoms with van der Waals surface area (Å²) >= 11 is 0. The lowest BCUT2D eigenvalue weighted by molar-refractivity contribution is 0.213. The van der Waals surface area contributed by atoms with Crippen molar-refractivity contribution in [3.8, 4) is 17.8 Å². The summed E-state index contributed by atoms with van der Waals surface area (Å²) in [6.45, 7) is 3.89. The molecule has 1 aliphatic heterocycles. The lowest BCUT2D eigenvalue weighted by atomic mass is 10.1. The SMILES string of the molecule is N#Cc1cccc(CN2CC[N+](=c3nc(Nc4ccccc4)n4ncc(=Cc5cc(O)[nH]c5O)c4n3)CC2)c1. The predicted molar refractivity (Wildman–Crippen MR) is 145 cm³/mol. The Bertz CT molecular complexity index is 1810. The fourth-order valence-corrected chi connectivity index (χ4v) is 4.68. The van der Waals surface area contributed by atoms with Crippen molar-refractivity contribution in [3.05, 3.63) is 94.4 Å². The van der Waals surface area contributed by atoms with E-state index in [1.165, 1.54) is 6.07 Å². The number of nitrogens with one attached hydrogen (secondary N) is 2. The second-order valence-corrected chi connectivity index (χ2v) is 9.35. The van der Waals surface area contributed by atoms with Crippen molar-refractivity contribution in [1.82, 2.24) is 34.0 Å². The molecule has 3 aromatic heterocycles. The van der Waals surface area contributed by atoms with E-state index >= 15 is 0 Å². The zero-order chi connectivity index (χ0) is 26.8. The van der Waals surface area contributed by atoms with Crippen LogP contribution < -0.4 is 20.7 Å². The monoisotopic (exact) mass is 520 g/mol. The summed E-state index contributed by atoms with van der Waals surface area (Å²) in [5.41, 5.74) is 4.21. The van der Waals surface area contributed by atoms with Crippen LogP contribution in [0.4, 0.5) is 11.6 Å². The van der Waals surface area contributed by atoms with E-state index in [1.807, 2.05) is 54.6 Å². The van der Waals surface area contributed by atoms with Crippen molar-refractivity contribution in [2.45, 2.75) is 6.54 Å². The molecule has 11 nitrogen and oxygen atoms in total. The topological polar surface area (TPSA) is 141 Å². The number of piperazine rings is 1. The van der Waals surface area contributed by atoms with Crippen molar-refractivity contribution in [2.24, 2.45) is 0 Å². The van der Waals surface area contributed by atoms with E-state index in [4.69, 9.17) is 9.97 Å². The highest BCUT2D eigenvalue weighted by atomic mass is 16.3. The third-order valence-corrected chi connectivity index (χ3v) is 6.65. The lowest BCUT2D eigenvalue weighted by Crippen LogP contribution is -2.49. The van der Waals surface area contributed by atoms with Gasteiger partial charge in [0.15, 0.2) is 11.8 Å². The van der Waals surface area contributed by atoms with Crippen molar-refractivity contribution in [3.63, 3.8) is 0 Å². The summed E-state index contributed by atoms with van der Waals surface area (Å²) in [6, 6.07) is 21.1. The maximum absolute atomic E-state index is 10.1. The maximum Gasteiger partial charge on any atom is 0.434 e. The van der Waals surface area contributed by atoms with E-state index in [1.54, 1.807) is 16.8 Å². The second kappa shape index (κ2) is 10.3. The molecule has 0 radical (unpaired) electrons. The van der Waals surface area contributed by atoms with Crippen molar-refractivity contribution in [2.75, 3.05) is 31.5 Å². The molecular weight excluding hydrogens is 494 g/mol. The van der Waals surface area contributed by atoms with E-state index in [0.717, 1.165) is 44.0 Å². The van der Waals surface area contributed by atoms with Gasteiger partial charge in [-0.3, -0.25) is 14.5 Å². The highest BCUT2D eigenvalue weighted by Gasteiger charge is 2.21. The second-order valence-electron chi connectivity index (χ2n) is 9.35. The minimum absolute atomic E-state index is 0.130. The quantitative estimate of drug-likeness (QED) is 0.254. The molecule has 0 spiro atoms. The molecule has 0 aliphatic carbocycles. The van der Waals surface area contributed by atoms with Crippen molar-refractivity contribution < 1.29 is 10.2 Å². The van der Waals surface area contributed by atoms with Gasteiger partial charge in [0.1, 0.15) is 0 Å². The number of aromatic nitrogens is 5. The van der Waals surface area contributed by atoms with Gasteiger partial charge in [0.2, 0.25) is 5.65 Å². The highest BCUT2D eigenvalue weighted by molar-refractivity contribution is 5.62. The number of anilines is 2. The number of H-pyrrole nitrogens is 1. The third kappa shape index (κ3) is 5.14. The first-order valence-electron chi connectivity index (χ1n) is 12.6. The third-order valence-electron chi connectivity index (χ3n) is 6.65. The zero-order valence-electron chi connectivity index (χ0n) is 21.0. The van der Waals surface area contributed by atoms with E-state index < -0.39 is 0 Å². The molecule has 0 bridgehead atoms. The van der Waals surface area contributed by atoms with Gasteiger partial charge in [0.25, 0.3) is 0 Å². The van der Waals surface area contributed by atoms with Gasteiger partial charge in [0.05, 0.1) is 36.1 Å². The molecule has 0 amide bonds. The van der Waals surface area contributed by atoms with Crippen LogP contribution >= 0.6 is 0 Å². The Kier molecular flexibility index (Phi) is 6.36. The predicted octanol–water partition coefficient (Wildman–Crippen LogP) is 1.31. The van der Waals surface area contributed by atoms with Gasteiger partial charge in [-0.05, 0) is 45.9 Å². The first-order valence-corrected chi connectivity index (χ1v) is 12.6. The van der Waals surface area contributed by atoms with Crippen LogP contribution in [0.25, 0.3) is 11.7 Å². The molecule has 0 saturated carbocycles. The largest absolute Gasteiger partial charge is 0.494 e. The summed E-state index contributed by atoms with van der Waals surface area (Å²) in [7, 11) is 0. The molecule has 39 heavy (non-hydrogen) atoms. The molecule has 0 unspecified atom stereocenters. The van der Waals surface area contributed by atoms with Crippen LogP contribution in [-0.2, 0) is 6.54 Å². The summed E-state index contributed by atoms with van der Waals surface area (Å²) in [5, 5.41) is 37.6. The number of benzene rings is 2. The number of hydrogen-bond donors (Lipinski definition) is 4. The zero-order valence-corrected chi connectivity index (χ0v) is 21.0. The molecule has 2 aromatic carbocycles. The first kappa shape index (κ1) is 24.1. The van der Waals surface area contributed by atoms with Gasteiger partial charge in [-0.2, -0.15) is 14.9 Å². The van der Waals surface area contributed by atoms with Crippen LogP contribution in [0.2, 0.25) is 0 Å². The summed E-state index contributed by atoms with van der Waals surface area (Å²) in [5.74, 6) is 0.243. The van der Waals surface area contributed by atoms with Gasteiger partial charge in [-0.1, -0.05) is 30.3 Å². The number of rotatable bonds is 5. The molecule has 4 N–H and O–H groups in total. The smallest absolute Gasteiger partial charge is 0.434 e. The average molecular weight is 521 g/mol. The van der Waals surface area contributed by atoms with Crippen LogP contribution in [-0.4, -0.2) is 65.9 Å². The Labute approximate surface area is 223 Å². The summed E-state index contributed by atoms with van der Waals surface area (Å²) in [4.78, 5) is 14.5. The van der Waals surface area contributed by atoms with Crippen LogP contribution in [0.15, 0.2) is 66.9 Å². The summed E-state index contributed by atoms with van der Waals surface area (Å²) in [6.07, 6.45) is 3.37. The highest BCUT2D eigenvalue weighted by Crippen LogP contribution is 2.22. The Morgan fingerprint density at radius 3 is 2.62 bits per heavy atom. The van der Waals surface area contributed by atoms with Crippen molar-refractivity contribution in [1.29, 1.82) is 5.26 Å². The van der Waals surface area contributed by atoms with Gasteiger partial charge in [-0.25, -0.2) is 0 Å². The molecule has 0 atom stereocenters. The van der Waals surface area contributed by atoms with Crippen LogP contribution in [0.3, 0.4) is 0 Å². The fourth-order valence-electron chi connectivity index (χ4n) is 4.68. The summed E-state index contributed by atoms with van der Waals surface area (Å²) < 4.78 is 3.78. The molecule has 194 valence electrons. The number of nitriles is 1. The number of aromatic amines is 1. The standard InChI is InChI=1S/C28H25N9O2/c29-16-19-5-4-6-20(13-19)18-35-9-11-36(12-10-35)27-33-25-22(14-21-15-24(38)32-26(21)39)17-30-37(25)28(34-27)31-23-7-2-1-3-8-23/h1-8,13-15,17H,9-12,18H2,(H3,30,31,32,33,34,38,39)/p+1. The number of fused-ring (bicyclic) bond motifs is 1. The van der Waals surface area contributed by atoms with Gasteiger partial charge < -0.3 is 15.5 Å². The van der Waals surface area contributed by atoms with E-state index in [2.05, 4.69) is 30.9 Å². The molecule has 1 saturated heterocycles. The fraction of sp³-hybridized carbons (Fsp3) is 0.179. The molecule has 5 aromatic rings. The number of para-hydroxylation sites is 1. The van der Waals surface area contributed by atoms with Crippen LogP contribution in [0.5, 0.6) is 11.8 Å². The van der Waals surface area contributed by atoms with Gasteiger partial charge in [0, 0.05) is 37.0 Å². The molecular formula is C28H26N9O2+. The number of aromatic hydroxyl groups is 2. The van der Waals surface area contributed by atoms with Gasteiger partial charge >= 0.3 is 11.6 Å². The Morgan fingerprint density at radius 1 is 1.05 bits per heavy atom. The maximum atomic E-state index is 10.1. The molecule has 1 fully saturated rings. The Hall–Kier alpha value is -5.21. The minimum Gasteiger partial charge on any atom is -0.494 e. The van der Waals surface area contributed by atoms with E-state index in [-0.39, 0.29) is 11.8 Å². The first-order chi connectivity index (χ1) is 19.1. The molecule has 11 heteroatoms. The van der Waals surface area contributed by atoms with Gasteiger partial charge in [-0.15, -0.1) is 0 Å². The van der Waals surface area contributed by atoms with E-state index in [9.17, 15) is 15.5 Å². The Morgan fingerprint density at radius 2 is 1.87 bits per heavy atom. The van der Waals surface area contributed by atoms with Crippen molar-refractivity contribution >= 4 is 23.4 Å². The average Bonchev–Trinajstić information content (AvgIpc) is 3.51.